The van der Waals surface area contributed by atoms with Gasteiger partial charge in [-0.05, 0) is 23.4 Å². The van der Waals surface area contributed by atoms with Crippen molar-refractivity contribution >= 4 is 16.6 Å². The molecule has 2 aromatic heterocycles. The van der Waals surface area contributed by atoms with Gasteiger partial charge in [-0.15, -0.1) is 0 Å². The van der Waals surface area contributed by atoms with Crippen molar-refractivity contribution in [2.45, 2.75) is 6.42 Å². The third-order valence-electron chi connectivity index (χ3n) is 4.29. The number of rotatable bonds is 5. The first-order chi connectivity index (χ1) is 12.8. The zero-order chi connectivity index (χ0) is 17.8. The summed E-state index contributed by atoms with van der Waals surface area (Å²) in [5.74, 6) is 0.337. The highest BCUT2D eigenvalue weighted by atomic mass is 16.1. The van der Waals surface area contributed by atoms with Gasteiger partial charge in [-0.2, -0.15) is 0 Å². The summed E-state index contributed by atoms with van der Waals surface area (Å²) in [4.78, 5) is 23.6. The van der Waals surface area contributed by atoms with Crippen LogP contribution in [-0.2, 0) is 6.42 Å². The Balaban J connectivity index is 1.61. The van der Waals surface area contributed by atoms with Crippen molar-refractivity contribution in [2.24, 2.45) is 0 Å². The summed E-state index contributed by atoms with van der Waals surface area (Å²) in [6.07, 6.45) is 6.06. The van der Waals surface area contributed by atoms with Crippen LogP contribution in [0.3, 0.4) is 0 Å². The van der Waals surface area contributed by atoms with Crippen LogP contribution in [0.15, 0.2) is 78.0 Å². The number of aromatic amines is 1. The van der Waals surface area contributed by atoms with E-state index in [0.717, 1.165) is 28.5 Å². The average molecular weight is 342 g/mol. The van der Waals surface area contributed by atoms with Crippen LogP contribution in [0.5, 0.6) is 0 Å². The lowest BCUT2D eigenvalue weighted by molar-refractivity contribution is 0.991. The fraction of sp³-hybridized carbons (Fsp3) is 0.0952. The second kappa shape index (κ2) is 7.19. The van der Waals surface area contributed by atoms with Gasteiger partial charge in [0.2, 0.25) is 0 Å². The van der Waals surface area contributed by atoms with Crippen LogP contribution >= 0.6 is 0 Å². The van der Waals surface area contributed by atoms with E-state index in [9.17, 15) is 4.79 Å². The van der Waals surface area contributed by atoms with Crippen LogP contribution in [0.1, 0.15) is 5.56 Å². The number of hydrogen-bond donors (Lipinski definition) is 2. The van der Waals surface area contributed by atoms with Crippen LogP contribution in [-0.4, -0.2) is 21.5 Å². The van der Waals surface area contributed by atoms with E-state index >= 15 is 0 Å². The lowest BCUT2D eigenvalue weighted by atomic mass is 10.0. The summed E-state index contributed by atoms with van der Waals surface area (Å²) in [7, 11) is 0. The van der Waals surface area contributed by atoms with Gasteiger partial charge in [0.25, 0.3) is 5.56 Å². The first kappa shape index (κ1) is 16.0. The highest BCUT2D eigenvalue weighted by Gasteiger charge is 2.08. The highest BCUT2D eigenvalue weighted by Crippen LogP contribution is 2.26. The van der Waals surface area contributed by atoms with Gasteiger partial charge in [-0.25, -0.2) is 4.98 Å². The second-order valence-corrected chi connectivity index (χ2v) is 6.03. The largest absolute Gasteiger partial charge is 0.365 e. The molecule has 0 fully saturated rings. The number of benzene rings is 2. The monoisotopic (exact) mass is 342 g/mol. The third kappa shape index (κ3) is 3.32. The molecule has 0 amide bonds. The normalized spacial score (nSPS) is 10.8. The van der Waals surface area contributed by atoms with E-state index in [4.69, 9.17) is 0 Å². The average Bonchev–Trinajstić information content (AvgIpc) is 2.70. The van der Waals surface area contributed by atoms with Crippen LogP contribution in [0, 0.1) is 0 Å². The highest BCUT2D eigenvalue weighted by molar-refractivity contribution is 5.95. The number of hydrogen-bond acceptors (Lipinski definition) is 4. The van der Waals surface area contributed by atoms with Crippen LogP contribution in [0.4, 0.5) is 5.82 Å². The molecule has 4 aromatic rings. The smallest absolute Gasteiger partial charge is 0.290 e. The molecule has 5 nitrogen and oxygen atoms in total. The predicted molar refractivity (Wildman–Crippen MR) is 104 cm³/mol. The van der Waals surface area contributed by atoms with Gasteiger partial charge in [0.1, 0.15) is 0 Å². The molecular weight excluding hydrogens is 324 g/mol. The fourth-order valence-electron chi connectivity index (χ4n) is 2.98. The van der Waals surface area contributed by atoms with Crippen molar-refractivity contribution in [1.82, 2.24) is 15.0 Å². The summed E-state index contributed by atoms with van der Waals surface area (Å²) in [6, 6.07) is 18.1. The van der Waals surface area contributed by atoms with Gasteiger partial charge in [0, 0.05) is 36.1 Å². The summed E-state index contributed by atoms with van der Waals surface area (Å²) in [6.45, 7) is 0.642. The van der Waals surface area contributed by atoms with Gasteiger partial charge in [0.05, 0.1) is 5.69 Å². The molecule has 0 spiro atoms. The first-order valence-corrected chi connectivity index (χ1v) is 8.52. The van der Waals surface area contributed by atoms with Gasteiger partial charge in [-0.3, -0.25) is 9.78 Å². The topological polar surface area (TPSA) is 70.7 Å². The quantitative estimate of drug-likeness (QED) is 0.581. The van der Waals surface area contributed by atoms with Crippen molar-refractivity contribution in [1.29, 1.82) is 0 Å². The maximum absolute atomic E-state index is 12.1. The molecule has 0 aliphatic rings. The Morgan fingerprint density at radius 1 is 1.00 bits per heavy atom. The Morgan fingerprint density at radius 3 is 2.77 bits per heavy atom. The molecule has 26 heavy (non-hydrogen) atoms. The minimum absolute atomic E-state index is 0.219. The molecule has 0 aliphatic carbocycles. The molecule has 2 heterocycles. The molecule has 0 saturated heterocycles. The Bertz CT molecular complexity index is 1080. The molecule has 4 rings (SSSR count). The summed E-state index contributed by atoms with van der Waals surface area (Å²) < 4.78 is 0. The Morgan fingerprint density at radius 2 is 1.88 bits per heavy atom. The molecule has 2 N–H and O–H groups in total. The molecule has 0 aliphatic heterocycles. The van der Waals surface area contributed by atoms with Crippen LogP contribution < -0.4 is 10.9 Å². The van der Waals surface area contributed by atoms with E-state index in [1.807, 2.05) is 48.7 Å². The number of anilines is 1. The zero-order valence-electron chi connectivity index (χ0n) is 14.1. The van der Waals surface area contributed by atoms with Crippen LogP contribution in [0.2, 0.25) is 0 Å². The molecule has 0 bridgehead atoms. The lowest BCUT2D eigenvalue weighted by Crippen LogP contribution is -2.18. The third-order valence-corrected chi connectivity index (χ3v) is 4.29. The van der Waals surface area contributed by atoms with Gasteiger partial charge in [-0.1, -0.05) is 48.5 Å². The van der Waals surface area contributed by atoms with Gasteiger partial charge < -0.3 is 10.3 Å². The predicted octanol–water partition coefficient (Wildman–Crippen LogP) is 3.64. The minimum Gasteiger partial charge on any atom is -0.365 e. The maximum atomic E-state index is 12.1. The first-order valence-electron chi connectivity index (χ1n) is 8.52. The fourth-order valence-corrected chi connectivity index (χ4v) is 2.98. The van der Waals surface area contributed by atoms with Gasteiger partial charge >= 0.3 is 0 Å². The van der Waals surface area contributed by atoms with E-state index in [2.05, 4.69) is 32.4 Å². The molecule has 0 unspecified atom stereocenters. The lowest BCUT2D eigenvalue weighted by Gasteiger charge is -2.09. The second-order valence-electron chi connectivity index (χ2n) is 6.03. The summed E-state index contributed by atoms with van der Waals surface area (Å²) in [5, 5.41) is 5.24. The number of nitrogens with zero attached hydrogens (tertiary/aromatic N) is 2. The number of nitrogens with one attached hydrogen (secondary N) is 2. The van der Waals surface area contributed by atoms with E-state index in [1.54, 1.807) is 12.4 Å². The number of H-pyrrole nitrogens is 1. The molecular formula is C21H18N4O. The zero-order valence-corrected chi connectivity index (χ0v) is 14.1. The standard InChI is InChI=1S/C21H18N4O/c26-21-20(23-12-9-15-5-2-1-3-6-15)25-19(14-24-21)18-8-4-7-16-13-22-11-10-17(16)18/h1-8,10-11,13-14H,9,12H2,(H,23,25)(H,24,26). The molecule has 5 heteroatoms. The Kier molecular flexibility index (Phi) is 4.43. The molecule has 0 atom stereocenters. The number of pyridine rings is 1. The molecule has 0 saturated carbocycles. The van der Waals surface area contributed by atoms with Crippen molar-refractivity contribution in [3.05, 3.63) is 89.1 Å². The maximum Gasteiger partial charge on any atom is 0.290 e. The minimum atomic E-state index is -0.219. The van der Waals surface area contributed by atoms with Crippen molar-refractivity contribution in [2.75, 3.05) is 11.9 Å². The summed E-state index contributed by atoms with van der Waals surface area (Å²) >= 11 is 0. The SMILES string of the molecule is O=c1[nH]cc(-c2cccc3cnccc23)nc1NCCc1ccccc1. The Hall–Kier alpha value is -3.47. The number of fused-ring (bicyclic) bond motifs is 1. The Labute approximate surface area is 150 Å². The molecule has 2 aromatic carbocycles. The van der Waals surface area contributed by atoms with E-state index in [-0.39, 0.29) is 5.56 Å². The summed E-state index contributed by atoms with van der Waals surface area (Å²) in [5.41, 5.74) is 2.69. The van der Waals surface area contributed by atoms with Crippen molar-refractivity contribution < 1.29 is 0 Å². The van der Waals surface area contributed by atoms with Crippen molar-refractivity contribution in [3.8, 4) is 11.3 Å². The number of aromatic nitrogens is 3. The van der Waals surface area contributed by atoms with Crippen LogP contribution in [0.25, 0.3) is 22.0 Å². The molecule has 128 valence electrons. The van der Waals surface area contributed by atoms with E-state index in [0.29, 0.717) is 12.4 Å². The van der Waals surface area contributed by atoms with E-state index in [1.165, 1.54) is 5.56 Å². The van der Waals surface area contributed by atoms with E-state index < -0.39 is 0 Å². The molecule has 0 radical (unpaired) electrons. The van der Waals surface area contributed by atoms with Crippen molar-refractivity contribution in [3.63, 3.8) is 0 Å². The van der Waals surface area contributed by atoms with Gasteiger partial charge in [0.15, 0.2) is 5.82 Å².